The van der Waals surface area contributed by atoms with Crippen molar-refractivity contribution in [3.05, 3.63) is 18.1 Å². The summed E-state index contributed by atoms with van der Waals surface area (Å²) in [5.74, 6) is 1.11. The second-order valence-corrected chi connectivity index (χ2v) is 5.07. The Morgan fingerprint density at radius 3 is 2.75 bits per heavy atom. The van der Waals surface area contributed by atoms with Crippen LogP contribution in [0.2, 0.25) is 0 Å². The van der Waals surface area contributed by atoms with E-state index in [0.29, 0.717) is 0 Å². The van der Waals surface area contributed by atoms with E-state index in [4.69, 9.17) is 0 Å². The van der Waals surface area contributed by atoms with Crippen molar-refractivity contribution in [2.45, 2.75) is 29.9 Å². The molecule has 0 amide bonds. The van der Waals surface area contributed by atoms with Gasteiger partial charge in [-0.3, -0.25) is 4.40 Å². The van der Waals surface area contributed by atoms with Gasteiger partial charge in [0.1, 0.15) is 10.9 Å². The third kappa shape index (κ3) is 2.06. The van der Waals surface area contributed by atoms with Gasteiger partial charge in [-0.2, -0.15) is 0 Å². The molecular weight excluding hydrogens is 238 g/mol. The highest BCUT2D eigenvalue weighted by Crippen LogP contribution is 2.23. The predicted octanol–water partition coefficient (Wildman–Crippen LogP) is 3.13. The van der Waals surface area contributed by atoms with Crippen molar-refractivity contribution < 1.29 is 0 Å². The van der Waals surface area contributed by atoms with Crippen molar-refractivity contribution in [3.8, 4) is 0 Å². The van der Waals surface area contributed by atoms with Crippen LogP contribution in [-0.2, 0) is 6.42 Å². The van der Waals surface area contributed by atoms with Gasteiger partial charge >= 0.3 is 0 Å². The van der Waals surface area contributed by atoms with Crippen molar-refractivity contribution >= 4 is 29.0 Å². The fraction of sp³-hybridized carbons (Fsp3) is 0.455. The highest BCUT2D eigenvalue weighted by molar-refractivity contribution is 7.99. The van der Waals surface area contributed by atoms with Gasteiger partial charge in [0.15, 0.2) is 5.16 Å². The van der Waals surface area contributed by atoms with Crippen LogP contribution in [0.1, 0.15) is 19.2 Å². The summed E-state index contributed by atoms with van der Waals surface area (Å²) >= 11 is 3.34. The molecule has 0 bridgehead atoms. The topological polar surface area (TPSA) is 30.2 Å². The second-order valence-electron chi connectivity index (χ2n) is 3.47. The van der Waals surface area contributed by atoms with Crippen LogP contribution in [-0.4, -0.2) is 26.9 Å². The summed E-state index contributed by atoms with van der Waals surface area (Å²) in [6.07, 6.45) is 8.15. The Bertz CT molecular complexity index is 493. The molecule has 0 N–H and O–H groups in total. The molecule has 0 fully saturated rings. The van der Waals surface area contributed by atoms with Crippen molar-refractivity contribution in [1.29, 1.82) is 0 Å². The molecular formula is C11H15N3S2. The molecule has 0 radical (unpaired) electrons. The first-order valence-electron chi connectivity index (χ1n) is 5.25. The Kier molecular flexibility index (Phi) is 3.76. The number of aromatic nitrogens is 3. The Balaban J connectivity index is 2.62. The predicted molar refractivity (Wildman–Crippen MR) is 70.5 cm³/mol. The van der Waals surface area contributed by atoms with E-state index in [-0.39, 0.29) is 0 Å². The molecule has 0 atom stereocenters. The van der Waals surface area contributed by atoms with Gasteiger partial charge < -0.3 is 0 Å². The molecule has 0 saturated carbocycles. The summed E-state index contributed by atoms with van der Waals surface area (Å²) < 4.78 is 2.16. The molecule has 0 unspecified atom stereocenters. The van der Waals surface area contributed by atoms with Crippen molar-refractivity contribution in [3.63, 3.8) is 0 Å². The summed E-state index contributed by atoms with van der Waals surface area (Å²) in [5, 5.41) is 2.09. The third-order valence-electron chi connectivity index (χ3n) is 2.40. The van der Waals surface area contributed by atoms with Crippen LogP contribution in [0.3, 0.4) is 0 Å². The highest BCUT2D eigenvalue weighted by Gasteiger charge is 2.09. The van der Waals surface area contributed by atoms with Crippen molar-refractivity contribution in [1.82, 2.24) is 14.4 Å². The lowest BCUT2D eigenvalue weighted by Gasteiger charge is -2.06. The first kappa shape index (κ1) is 11.8. The third-order valence-corrected chi connectivity index (χ3v) is 3.66. The van der Waals surface area contributed by atoms with Gasteiger partial charge in [-0.25, -0.2) is 9.97 Å². The molecule has 2 aromatic heterocycles. The fourth-order valence-electron chi connectivity index (χ4n) is 1.67. The van der Waals surface area contributed by atoms with Gasteiger partial charge in [-0.05, 0) is 25.0 Å². The normalized spacial score (nSPS) is 11.2. The largest absolute Gasteiger partial charge is 0.275 e. The fourth-order valence-corrected chi connectivity index (χ4v) is 2.73. The number of thioether (sulfide) groups is 2. The van der Waals surface area contributed by atoms with Gasteiger partial charge in [-0.1, -0.05) is 18.7 Å². The zero-order valence-electron chi connectivity index (χ0n) is 9.73. The van der Waals surface area contributed by atoms with Gasteiger partial charge in [0.25, 0.3) is 0 Å². The molecule has 0 aromatic carbocycles. The van der Waals surface area contributed by atoms with Crippen LogP contribution in [0.5, 0.6) is 0 Å². The number of hydrogen-bond acceptors (Lipinski definition) is 4. The summed E-state index contributed by atoms with van der Waals surface area (Å²) in [4.78, 5) is 9.07. The van der Waals surface area contributed by atoms with Gasteiger partial charge in [-0.15, -0.1) is 11.8 Å². The molecule has 5 heteroatoms. The number of nitrogens with zero attached hydrogens (tertiary/aromatic N) is 3. The highest BCUT2D eigenvalue weighted by atomic mass is 32.2. The molecule has 2 rings (SSSR count). The molecule has 3 nitrogen and oxygen atoms in total. The van der Waals surface area contributed by atoms with E-state index in [1.54, 1.807) is 23.5 Å². The maximum atomic E-state index is 4.60. The Hall–Kier alpha value is -0.680. The summed E-state index contributed by atoms with van der Waals surface area (Å²) in [6, 6.07) is 2.09. The molecule has 0 aliphatic heterocycles. The Labute approximate surface area is 104 Å². The zero-order valence-corrected chi connectivity index (χ0v) is 11.4. The molecule has 0 saturated heterocycles. The van der Waals surface area contributed by atoms with Crippen LogP contribution < -0.4 is 0 Å². The Morgan fingerprint density at radius 2 is 2.12 bits per heavy atom. The number of rotatable bonds is 4. The van der Waals surface area contributed by atoms with Crippen molar-refractivity contribution in [2.24, 2.45) is 0 Å². The molecule has 16 heavy (non-hydrogen) atoms. The van der Waals surface area contributed by atoms with E-state index in [9.17, 15) is 0 Å². The lowest BCUT2D eigenvalue weighted by atomic mass is 10.3. The average Bonchev–Trinajstić information content (AvgIpc) is 2.72. The quantitative estimate of drug-likeness (QED) is 0.476. The van der Waals surface area contributed by atoms with Crippen LogP contribution in [0.15, 0.2) is 22.4 Å². The minimum absolute atomic E-state index is 1.00. The number of fused-ring (bicyclic) bond motifs is 1. The average molecular weight is 253 g/mol. The standard InChI is InChI=1S/C11H15N3S2/c1-4-5-9-12-7-8-6-10(15-2)13-11(16-3)14(8)9/h6-7H,4-5H2,1-3H3. The van der Waals surface area contributed by atoms with E-state index < -0.39 is 0 Å². The lowest BCUT2D eigenvalue weighted by molar-refractivity contribution is 0.758. The van der Waals surface area contributed by atoms with Crippen LogP contribution >= 0.6 is 23.5 Å². The SMILES string of the molecule is CCCc1ncc2cc(SC)nc(SC)n12. The lowest BCUT2D eigenvalue weighted by Crippen LogP contribution is -2.00. The van der Waals surface area contributed by atoms with E-state index in [1.807, 2.05) is 12.5 Å². The maximum absolute atomic E-state index is 4.60. The first-order chi connectivity index (χ1) is 7.80. The first-order valence-corrected chi connectivity index (χ1v) is 7.70. The molecule has 2 aromatic rings. The summed E-state index contributed by atoms with van der Waals surface area (Å²) in [5.41, 5.74) is 1.15. The second kappa shape index (κ2) is 5.10. The van der Waals surface area contributed by atoms with E-state index in [0.717, 1.165) is 34.4 Å². The zero-order chi connectivity index (χ0) is 11.5. The van der Waals surface area contributed by atoms with Gasteiger partial charge in [0.2, 0.25) is 0 Å². The Morgan fingerprint density at radius 1 is 1.31 bits per heavy atom. The summed E-state index contributed by atoms with van der Waals surface area (Å²) in [6.45, 7) is 2.17. The number of aryl methyl sites for hydroxylation is 1. The molecule has 0 aliphatic carbocycles. The van der Waals surface area contributed by atoms with E-state index in [1.165, 1.54) is 0 Å². The van der Waals surface area contributed by atoms with Crippen molar-refractivity contribution in [2.75, 3.05) is 12.5 Å². The van der Waals surface area contributed by atoms with Crippen LogP contribution in [0, 0.1) is 0 Å². The van der Waals surface area contributed by atoms with Crippen LogP contribution in [0.25, 0.3) is 5.52 Å². The van der Waals surface area contributed by atoms with Crippen LogP contribution in [0.4, 0.5) is 0 Å². The van der Waals surface area contributed by atoms with E-state index >= 15 is 0 Å². The minimum Gasteiger partial charge on any atom is -0.275 e. The van der Waals surface area contributed by atoms with Gasteiger partial charge in [0.05, 0.1) is 11.7 Å². The van der Waals surface area contributed by atoms with Gasteiger partial charge in [0, 0.05) is 6.42 Å². The number of imidazole rings is 1. The van der Waals surface area contributed by atoms with E-state index in [2.05, 4.69) is 33.6 Å². The molecule has 0 spiro atoms. The molecule has 86 valence electrons. The summed E-state index contributed by atoms with van der Waals surface area (Å²) in [7, 11) is 0. The molecule has 0 aliphatic rings. The smallest absolute Gasteiger partial charge is 0.174 e. The maximum Gasteiger partial charge on any atom is 0.174 e. The number of hydrogen-bond donors (Lipinski definition) is 0. The monoisotopic (exact) mass is 253 g/mol. The minimum atomic E-state index is 1.00. The molecule has 2 heterocycles.